The molecule has 16 heavy (non-hydrogen) atoms. The van der Waals surface area contributed by atoms with Crippen LogP contribution in [0.25, 0.3) is 11.2 Å². The molecule has 0 bridgehead atoms. The molecule has 6 nitrogen and oxygen atoms in total. The molecule has 86 valence electrons. The predicted octanol–water partition coefficient (Wildman–Crippen LogP) is 1.48. The van der Waals surface area contributed by atoms with Crippen LogP contribution in [0.2, 0.25) is 0 Å². The summed E-state index contributed by atoms with van der Waals surface area (Å²) in [5, 5.41) is 8.12. The van der Waals surface area contributed by atoms with Crippen LogP contribution in [-0.2, 0) is 4.74 Å². The molecule has 2 aromatic rings. The quantitative estimate of drug-likeness (QED) is 0.818. The molecule has 2 heterocycles. The van der Waals surface area contributed by atoms with E-state index in [0.717, 1.165) is 12.1 Å². The lowest BCUT2D eigenvalue weighted by molar-refractivity contribution is 0.148. The highest BCUT2D eigenvalue weighted by Crippen LogP contribution is 2.16. The first-order chi connectivity index (χ1) is 7.77. The fourth-order valence-electron chi connectivity index (χ4n) is 1.59. The maximum atomic E-state index is 5.15. The minimum absolute atomic E-state index is 0.156. The maximum absolute atomic E-state index is 5.15. The fraction of sp³-hybridized carbons (Fsp3) is 0.556. The molecule has 0 saturated carbocycles. The summed E-state index contributed by atoms with van der Waals surface area (Å²) in [7, 11) is 1.67. The number of hydrogen-bond acceptors (Lipinski definition) is 5. The zero-order valence-corrected chi connectivity index (χ0v) is 9.99. The van der Waals surface area contributed by atoms with E-state index >= 15 is 0 Å². The zero-order valence-electron chi connectivity index (χ0n) is 9.17. The van der Waals surface area contributed by atoms with Gasteiger partial charge in [-0.1, -0.05) is 24.4 Å². The largest absolute Gasteiger partial charge is 0.382 e. The van der Waals surface area contributed by atoms with Gasteiger partial charge in [0.1, 0.15) is 0 Å². The Hall–Kier alpha value is -1.34. The van der Waals surface area contributed by atoms with Gasteiger partial charge in [-0.05, 0) is 6.42 Å². The lowest BCUT2D eigenvalue weighted by Crippen LogP contribution is -2.15. The van der Waals surface area contributed by atoms with Crippen molar-refractivity contribution in [2.45, 2.75) is 19.4 Å². The van der Waals surface area contributed by atoms with Crippen LogP contribution in [0.4, 0.5) is 0 Å². The first-order valence-corrected chi connectivity index (χ1v) is 5.46. The van der Waals surface area contributed by atoms with Crippen LogP contribution in [0.1, 0.15) is 19.4 Å². The summed E-state index contributed by atoms with van der Waals surface area (Å²) in [6.45, 7) is 2.67. The lowest BCUT2D eigenvalue weighted by atomic mass is 10.2. The van der Waals surface area contributed by atoms with E-state index in [-0.39, 0.29) is 6.04 Å². The van der Waals surface area contributed by atoms with Crippen LogP contribution in [0.3, 0.4) is 0 Å². The van der Waals surface area contributed by atoms with E-state index in [0.29, 0.717) is 16.8 Å². The van der Waals surface area contributed by atoms with Crippen LogP contribution < -0.4 is 0 Å². The van der Waals surface area contributed by atoms with Gasteiger partial charge in [0.25, 0.3) is 0 Å². The molecule has 0 amide bonds. The van der Waals surface area contributed by atoms with Crippen molar-refractivity contribution in [1.82, 2.24) is 25.0 Å². The van der Waals surface area contributed by atoms with E-state index < -0.39 is 0 Å². The van der Waals surface area contributed by atoms with E-state index in [1.54, 1.807) is 18.1 Å². The van der Waals surface area contributed by atoms with Gasteiger partial charge in [-0.25, -0.2) is 9.67 Å². The number of methoxy groups -OCH3 is 1. The molecule has 0 fully saturated rings. The average molecular weight is 239 g/mol. The predicted molar refractivity (Wildman–Crippen MR) is 61.7 cm³/mol. The molecule has 1 unspecified atom stereocenters. The van der Waals surface area contributed by atoms with Crippen molar-refractivity contribution >= 4 is 23.4 Å². The summed E-state index contributed by atoms with van der Waals surface area (Å²) in [4.78, 5) is 6.98. The summed E-state index contributed by atoms with van der Waals surface area (Å²) in [6.07, 6.45) is 2.47. The molecule has 1 atom stereocenters. The van der Waals surface area contributed by atoms with Gasteiger partial charge in [-0.3, -0.25) is 0 Å². The average Bonchev–Trinajstić information content (AvgIpc) is 2.71. The minimum atomic E-state index is 0.156. The van der Waals surface area contributed by atoms with Crippen molar-refractivity contribution in [1.29, 1.82) is 0 Å². The fourth-order valence-corrected chi connectivity index (χ4v) is 1.78. The van der Waals surface area contributed by atoms with Crippen LogP contribution >= 0.6 is 12.2 Å². The van der Waals surface area contributed by atoms with E-state index in [9.17, 15) is 0 Å². The summed E-state index contributed by atoms with van der Waals surface area (Å²) in [6, 6.07) is 0.156. The van der Waals surface area contributed by atoms with Gasteiger partial charge < -0.3 is 9.72 Å². The number of rotatable bonds is 4. The standard InChI is InChI=1S/C9H13N5OS/c1-3-6(4-15-2)14-8-7(12-13-14)9(16)11-5-10-8/h5-6H,3-4H2,1-2H3,(H,10,11,16). The van der Waals surface area contributed by atoms with Crippen molar-refractivity contribution in [3.63, 3.8) is 0 Å². The molecule has 0 aliphatic heterocycles. The van der Waals surface area contributed by atoms with E-state index in [4.69, 9.17) is 17.0 Å². The van der Waals surface area contributed by atoms with Crippen LogP contribution in [-0.4, -0.2) is 38.7 Å². The monoisotopic (exact) mass is 239 g/mol. The van der Waals surface area contributed by atoms with E-state index in [1.807, 2.05) is 0 Å². The molecular formula is C9H13N5OS. The second-order valence-corrected chi connectivity index (χ2v) is 3.84. The number of hydrogen-bond donors (Lipinski definition) is 1. The third kappa shape index (κ3) is 1.83. The highest BCUT2D eigenvalue weighted by Gasteiger charge is 2.14. The number of nitrogens with zero attached hydrogens (tertiary/aromatic N) is 4. The van der Waals surface area contributed by atoms with Gasteiger partial charge in [0.15, 0.2) is 15.8 Å². The first-order valence-electron chi connectivity index (χ1n) is 5.05. The van der Waals surface area contributed by atoms with Crippen molar-refractivity contribution in [3.8, 4) is 0 Å². The smallest absolute Gasteiger partial charge is 0.166 e. The molecule has 0 spiro atoms. The Balaban J connectivity index is 2.52. The third-order valence-electron chi connectivity index (χ3n) is 2.46. The lowest BCUT2D eigenvalue weighted by Gasteiger charge is -2.13. The Labute approximate surface area is 97.6 Å². The SMILES string of the molecule is CCC(COC)n1nnc2c(=S)nc[nH]c21. The molecule has 0 aliphatic rings. The summed E-state index contributed by atoms with van der Waals surface area (Å²) < 4.78 is 7.42. The zero-order chi connectivity index (χ0) is 11.5. The van der Waals surface area contributed by atoms with Crippen molar-refractivity contribution in [2.24, 2.45) is 0 Å². The number of fused-ring (bicyclic) bond motifs is 1. The van der Waals surface area contributed by atoms with Crippen molar-refractivity contribution < 1.29 is 4.74 Å². The van der Waals surface area contributed by atoms with Crippen molar-refractivity contribution in [3.05, 3.63) is 11.0 Å². The van der Waals surface area contributed by atoms with Crippen LogP contribution in [0, 0.1) is 4.64 Å². The summed E-state index contributed by atoms with van der Waals surface area (Å²) in [5.74, 6) is 0. The molecule has 0 saturated heterocycles. The number of H-pyrrole nitrogens is 1. The number of aromatic nitrogens is 5. The highest BCUT2D eigenvalue weighted by molar-refractivity contribution is 7.71. The number of nitrogens with one attached hydrogen (secondary N) is 1. The van der Waals surface area contributed by atoms with Crippen molar-refractivity contribution in [2.75, 3.05) is 13.7 Å². The summed E-state index contributed by atoms with van der Waals surface area (Å²) in [5.41, 5.74) is 1.43. The van der Waals surface area contributed by atoms with Gasteiger partial charge in [0.05, 0.1) is 19.0 Å². The van der Waals surface area contributed by atoms with Gasteiger partial charge >= 0.3 is 0 Å². The molecule has 0 aliphatic carbocycles. The van der Waals surface area contributed by atoms with Gasteiger partial charge in [-0.2, -0.15) is 0 Å². The normalized spacial score (nSPS) is 13.1. The second-order valence-electron chi connectivity index (χ2n) is 3.46. The Morgan fingerprint density at radius 1 is 1.62 bits per heavy atom. The summed E-state index contributed by atoms with van der Waals surface area (Å²) >= 11 is 5.08. The van der Waals surface area contributed by atoms with Crippen LogP contribution in [0.15, 0.2) is 6.33 Å². The van der Waals surface area contributed by atoms with Gasteiger partial charge in [0, 0.05) is 7.11 Å². The molecular weight excluding hydrogens is 226 g/mol. The van der Waals surface area contributed by atoms with Crippen LogP contribution in [0.5, 0.6) is 0 Å². The minimum Gasteiger partial charge on any atom is -0.382 e. The third-order valence-corrected chi connectivity index (χ3v) is 2.76. The number of aromatic amines is 1. The molecule has 7 heteroatoms. The Morgan fingerprint density at radius 3 is 3.12 bits per heavy atom. The van der Waals surface area contributed by atoms with Gasteiger partial charge in [-0.15, -0.1) is 5.10 Å². The maximum Gasteiger partial charge on any atom is 0.166 e. The second kappa shape index (κ2) is 4.67. The molecule has 1 N–H and O–H groups in total. The van der Waals surface area contributed by atoms with E-state index in [1.165, 1.54) is 0 Å². The molecule has 0 radical (unpaired) electrons. The number of ether oxygens (including phenoxy) is 1. The van der Waals surface area contributed by atoms with E-state index in [2.05, 4.69) is 27.2 Å². The highest BCUT2D eigenvalue weighted by atomic mass is 32.1. The Kier molecular flexibility index (Phi) is 3.25. The Morgan fingerprint density at radius 2 is 2.44 bits per heavy atom. The first kappa shape index (κ1) is 11.2. The molecule has 0 aromatic carbocycles. The topological polar surface area (TPSA) is 68.6 Å². The molecule has 2 aromatic heterocycles. The molecule has 2 rings (SSSR count). The van der Waals surface area contributed by atoms with Gasteiger partial charge in [0.2, 0.25) is 0 Å². The Bertz CT molecular complexity index is 534.